The molecule has 0 amide bonds. The molecule has 0 aliphatic carbocycles. The summed E-state index contributed by atoms with van der Waals surface area (Å²) in [6.45, 7) is 0. The summed E-state index contributed by atoms with van der Waals surface area (Å²) in [6.07, 6.45) is 0. The van der Waals surface area contributed by atoms with Crippen molar-refractivity contribution >= 4 is 32.0 Å². The first-order valence-corrected chi connectivity index (χ1v) is 11.6. The minimum absolute atomic E-state index is 0.0149. The minimum Gasteiger partial charge on any atom is -0.493 e. The van der Waals surface area contributed by atoms with E-state index >= 15 is 0 Å². The number of rotatable bonds is 6. The maximum Gasteiger partial charge on any atom is 0.302 e. The summed E-state index contributed by atoms with van der Waals surface area (Å²) in [5.41, 5.74) is 0. The van der Waals surface area contributed by atoms with E-state index in [0.29, 0.717) is 0 Å². The standard InChI is InChI=1S/C16H16O11S3/c1-23-7-5-9-13(15(11(7)25-3)29(17,18)19)27-14-10(28-9)6-8(24-2)12(26-4)16(14)30(20,21)22/h5-6H,1-4H3,(H,17,18,19)(H,20,21,22). The second-order valence-corrected chi connectivity index (χ2v) is 9.49. The normalized spacial score (nSPS) is 13.0. The zero-order valence-corrected chi connectivity index (χ0v) is 18.4. The number of hydrogen-bond acceptors (Lipinski definition) is 10. The van der Waals surface area contributed by atoms with Crippen LogP contribution in [0.2, 0.25) is 0 Å². The lowest BCUT2D eigenvalue weighted by Gasteiger charge is -2.26. The van der Waals surface area contributed by atoms with Crippen LogP contribution < -0.4 is 23.7 Å². The molecule has 0 atom stereocenters. The Morgan fingerprint density at radius 3 is 1.37 bits per heavy atom. The molecule has 2 aromatic carbocycles. The fraction of sp³-hybridized carbons (Fsp3) is 0.250. The molecule has 0 aromatic heterocycles. The molecule has 1 aliphatic heterocycles. The third-order valence-corrected chi connectivity index (χ3v) is 6.85. The maximum absolute atomic E-state index is 12.1. The molecule has 0 unspecified atom stereocenters. The van der Waals surface area contributed by atoms with Gasteiger partial charge in [0.15, 0.2) is 44.3 Å². The van der Waals surface area contributed by atoms with E-state index in [4.69, 9.17) is 23.7 Å². The Morgan fingerprint density at radius 2 is 1.10 bits per heavy atom. The molecule has 0 fully saturated rings. The quantitative estimate of drug-likeness (QED) is 0.498. The Bertz CT molecular complexity index is 1140. The predicted octanol–water partition coefficient (Wildman–Crippen LogP) is 2.47. The molecule has 30 heavy (non-hydrogen) atoms. The van der Waals surface area contributed by atoms with Crippen molar-refractivity contribution in [2.24, 2.45) is 0 Å². The van der Waals surface area contributed by atoms with E-state index in [-0.39, 0.29) is 32.8 Å². The van der Waals surface area contributed by atoms with Gasteiger partial charge in [-0.1, -0.05) is 11.8 Å². The van der Waals surface area contributed by atoms with E-state index in [0.717, 1.165) is 26.0 Å². The van der Waals surface area contributed by atoms with E-state index in [1.54, 1.807) is 0 Å². The topological polar surface area (TPSA) is 155 Å². The van der Waals surface area contributed by atoms with Crippen LogP contribution in [0.15, 0.2) is 31.7 Å². The van der Waals surface area contributed by atoms with Crippen molar-refractivity contribution < 1.29 is 49.6 Å². The van der Waals surface area contributed by atoms with Gasteiger partial charge in [-0.2, -0.15) is 16.8 Å². The summed E-state index contributed by atoms with van der Waals surface area (Å²) in [5, 5.41) is 0. The Morgan fingerprint density at radius 1 is 0.733 bits per heavy atom. The number of ether oxygens (including phenoxy) is 5. The van der Waals surface area contributed by atoms with Crippen molar-refractivity contribution in [3.05, 3.63) is 12.1 Å². The molecular weight excluding hydrogens is 464 g/mol. The molecule has 0 bridgehead atoms. The molecule has 2 aromatic rings. The highest BCUT2D eigenvalue weighted by molar-refractivity contribution is 7.99. The Labute approximate surface area is 176 Å². The molecule has 1 heterocycles. The molecule has 0 spiro atoms. The fourth-order valence-electron chi connectivity index (χ4n) is 2.88. The van der Waals surface area contributed by atoms with Gasteiger partial charge in [-0.15, -0.1) is 0 Å². The minimum atomic E-state index is -4.91. The van der Waals surface area contributed by atoms with Crippen molar-refractivity contribution in [3.63, 3.8) is 0 Å². The van der Waals surface area contributed by atoms with Crippen molar-refractivity contribution in [1.82, 2.24) is 0 Å². The van der Waals surface area contributed by atoms with Crippen LogP contribution in [0.5, 0.6) is 34.5 Å². The number of benzene rings is 2. The van der Waals surface area contributed by atoms with Gasteiger partial charge in [0, 0.05) is 12.1 Å². The molecule has 11 nitrogen and oxygen atoms in total. The lowest BCUT2D eigenvalue weighted by molar-refractivity contribution is 0.324. The zero-order chi connectivity index (χ0) is 22.4. The highest BCUT2D eigenvalue weighted by Gasteiger charge is 2.38. The molecule has 0 saturated heterocycles. The van der Waals surface area contributed by atoms with E-state index in [9.17, 15) is 25.9 Å². The Kier molecular flexibility index (Phi) is 5.72. The van der Waals surface area contributed by atoms with Crippen LogP contribution >= 0.6 is 11.8 Å². The third-order valence-electron chi connectivity index (χ3n) is 4.03. The fourth-order valence-corrected chi connectivity index (χ4v) is 5.66. The smallest absolute Gasteiger partial charge is 0.302 e. The lowest BCUT2D eigenvalue weighted by atomic mass is 10.2. The summed E-state index contributed by atoms with van der Waals surface area (Å²) in [6, 6.07) is 2.78. The molecular formula is C16H16O11S3. The van der Waals surface area contributed by atoms with Crippen LogP contribution in [0.3, 0.4) is 0 Å². The summed E-state index contributed by atoms with van der Waals surface area (Å²) in [4.78, 5) is -1.20. The van der Waals surface area contributed by atoms with Gasteiger partial charge < -0.3 is 23.7 Å². The first kappa shape index (κ1) is 22.3. The number of fused-ring (bicyclic) bond motifs is 2. The summed E-state index contributed by atoms with van der Waals surface area (Å²) >= 11 is 0.893. The van der Waals surface area contributed by atoms with Crippen molar-refractivity contribution in [1.29, 1.82) is 0 Å². The van der Waals surface area contributed by atoms with Gasteiger partial charge in [0.1, 0.15) is 0 Å². The largest absolute Gasteiger partial charge is 0.493 e. The molecule has 0 radical (unpaired) electrons. The maximum atomic E-state index is 12.1. The van der Waals surface area contributed by atoms with Crippen LogP contribution in [0, 0.1) is 0 Å². The van der Waals surface area contributed by atoms with Crippen LogP contribution in [0.25, 0.3) is 0 Å². The highest BCUT2D eigenvalue weighted by Crippen LogP contribution is 2.58. The first-order chi connectivity index (χ1) is 14.0. The average molecular weight is 480 g/mol. The lowest BCUT2D eigenvalue weighted by Crippen LogP contribution is -2.12. The van der Waals surface area contributed by atoms with Crippen molar-refractivity contribution in [3.8, 4) is 34.5 Å². The highest BCUT2D eigenvalue weighted by atomic mass is 32.2. The van der Waals surface area contributed by atoms with Crippen LogP contribution in [0.1, 0.15) is 0 Å². The number of hydrogen-bond donors (Lipinski definition) is 2. The molecule has 1 aliphatic rings. The summed E-state index contributed by atoms with van der Waals surface area (Å²) in [5.74, 6) is -1.55. The van der Waals surface area contributed by atoms with Gasteiger partial charge >= 0.3 is 20.2 Å². The molecule has 164 valence electrons. The van der Waals surface area contributed by atoms with Crippen molar-refractivity contribution in [2.75, 3.05) is 28.4 Å². The second-order valence-electron chi connectivity index (χ2n) is 5.69. The zero-order valence-electron chi connectivity index (χ0n) is 15.9. The van der Waals surface area contributed by atoms with Crippen LogP contribution in [0.4, 0.5) is 0 Å². The summed E-state index contributed by atoms with van der Waals surface area (Å²) in [7, 11) is -4.98. The molecule has 3 rings (SSSR count). The van der Waals surface area contributed by atoms with E-state index in [1.165, 1.54) is 26.4 Å². The van der Waals surface area contributed by atoms with Crippen LogP contribution in [-0.2, 0) is 20.2 Å². The van der Waals surface area contributed by atoms with Gasteiger partial charge in [-0.05, 0) is 0 Å². The van der Waals surface area contributed by atoms with Gasteiger partial charge in [-0.3, -0.25) is 9.11 Å². The first-order valence-electron chi connectivity index (χ1n) is 7.86. The molecule has 2 N–H and O–H groups in total. The van der Waals surface area contributed by atoms with Gasteiger partial charge in [0.2, 0.25) is 0 Å². The average Bonchev–Trinajstić information content (AvgIpc) is 2.67. The second kappa shape index (κ2) is 7.70. The van der Waals surface area contributed by atoms with E-state index < -0.39 is 41.5 Å². The van der Waals surface area contributed by atoms with Crippen LogP contribution in [-0.4, -0.2) is 54.4 Å². The molecule has 14 heteroatoms. The Balaban J connectivity index is 2.42. The van der Waals surface area contributed by atoms with E-state index in [2.05, 4.69) is 0 Å². The van der Waals surface area contributed by atoms with Gasteiger partial charge in [0.25, 0.3) is 0 Å². The predicted molar refractivity (Wildman–Crippen MR) is 103 cm³/mol. The van der Waals surface area contributed by atoms with Gasteiger partial charge in [-0.25, -0.2) is 0 Å². The SMILES string of the molecule is COc1cc2c(c(S(=O)(=O)O)c1OC)Oc1c(cc(OC)c(OC)c1S(=O)(=O)O)S2. The van der Waals surface area contributed by atoms with E-state index in [1.807, 2.05) is 0 Å². The summed E-state index contributed by atoms with van der Waals surface area (Å²) < 4.78 is 93.9. The Hall–Kier alpha value is -2.39. The monoisotopic (exact) mass is 480 g/mol. The third kappa shape index (κ3) is 3.60. The number of methoxy groups -OCH3 is 4. The van der Waals surface area contributed by atoms with Crippen molar-refractivity contribution in [2.45, 2.75) is 19.6 Å². The molecule has 0 saturated carbocycles. The van der Waals surface area contributed by atoms with Gasteiger partial charge in [0.05, 0.1) is 38.2 Å².